The molecule has 0 radical (unpaired) electrons. The summed E-state index contributed by atoms with van der Waals surface area (Å²) in [7, 11) is -9.88. The lowest BCUT2D eigenvalue weighted by atomic mass is 9.99. The lowest BCUT2D eigenvalue weighted by Crippen LogP contribution is -2.30. The summed E-state index contributed by atoms with van der Waals surface area (Å²) in [6, 6.07) is 0. The van der Waals surface area contributed by atoms with Crippen LogP contribution in [0.3, 0.4) is 0 Å². The van der Waals surface area contributed by atoms with E-state index in [4.69, 9.17) is 37.0 Å². The van der Waals surface area contributed by atoms with E-state index in [2.05, 4.69) is 48.5 Å². The molecule has 85 heavy (non-hydrogen) atoms. The van der Waals surface area contributed by atoms with Crippen LogP contribution in [0.5, 0.6) is 0 Å². The van der Waals surface area contributed by atoms with Crippen LogP contribution in [-0.4, -0.2) is 96.7 Å². The second-order valence-corrected chi connectivity index (χ2v) is 27.7. The SMILES string of the molecule is CCCCCCCC(=O)OC[C@H](COP(=O)(O)OC[C@H](O)COP(=O)(O)OC[C@@H](COC(=O)CCCCCCCCCCCC(C)C)OC(=O)CCCCCCCCCCCCCCCCC(C)CC)OC(=O)CCCCCCCCC(C)CC. The average Bonchev–Trinajstić information content (AvgIpc) is 3.48. The van der Waals surface area contributed by atoms with Gasteiger partial charge in [-0.15, -0.1) is 0 Å². The molecule has 0 saturated heterocycles. The summed E-state index contributed by atoms with van der Waals surface area (Å²) in [6.45, 7) is 11.7. The number of rotatable bonds is 64. The summed E-state index contributed by atoms with van der Waals surface area (Å²) in [5, 5.41) is 10.5. The minimum absolute atomic E-state index is 0.102. The molecule has 0 heterocycles. The van der Waals surface area contributed by atoms with Crippen molar-refractivity contribution in [2.45, 2.75) is 343 Å². The monoisotopic (exact) mass is 1250 g/mol. The summed E-state index contributed by atoms with van der Waals surface area (Å²) in [5.74, 6) is 0.164. The quantitative estimate of drug-likeness (QED) is 0.0222. The Morgan fingerprint density at radius 3 is 0.894 bits per heavy atom. The van der Waals surface area contributed by atoms with Crippen LogP contribution in [0.4, 0.5) is 0 Å². The molecule has 0 bridgehead atoms. The summed E-state index contributed by atoms with van der Waals surface area (Å²) in [6.07, 6.45) is 39.3. The molecule has 7 atom stereocenters. The lowest BCUT2D eigenvalue weighted by Gasteiger charge is -2.21. The molecule has 0 aliphatic heterocycles. The number of unbranched alkanes of at least 4 members (excludes halogenated alkanes) is 30. The van der Waals surface area contributed by atoms with Gasteiger partial charge in [0, 0.05) is 25.7 Å². The molecule has 0 saturated carbocycles. The maximum absolute atomic E-state index is 13.0. The first kappa shape index (κ1) is 83.1. The predicted molar refractivity (Wildman–Crippen MR) is 340 cm³/mol. The fourth-order valence-electron chi connectivity index (χ4n) is 9.77. The Labute approximate surface area is 517 Å². The van der Waals surface area contributed by atoms with Gasteiger partial charge in [-0.2, -0.15) is 0 Å². The largest absolute Gasteiger partial charge is 0.472 e. The molecule has 0 spiro atoms. The van der Waals surface area contributed by atoms with Gasteiger partial charge in [-0.05, 0) is 43.4 Å². The van der Waals surface area contributed by atoms with Gasteiger partial charge >= 0.3 is 39.5 Å². The number of aliphatic hydroxyl groups excluding tert-OH is 1. The van der Waals surface area contributed by atoms with Crippen LogP contribution in [0.25, 0.3) is 0 Å². The van der Waals surface area contributed by atoms with Crippen LogP contribution < -0.4 is 0 Å². The van der Waals surface area contributed by atoms with Crippen molar-refractivity contribution in [1.82, 2.24) is 0 Å². The number of ether oxygens (including phenoxy) is 4. The third kappa shape index (κ3) is 58.2. The van der Waals surface area contributed by atoms with Crippen LogP contribution in [0.1, 0.15) is 325 Å². The van der Waals surface area contributed by atoms with Gasteiger partial charge in [0.15, 0.2) is 12.2 Å². The molecular weight excluding hydrogens is 1130 g/mol. The van der Waals surface area contributed by atoms with Crippen LogP contribution in [0, 0.1) is 17.8 Å². The van der Waals surface area contributed by atoms with Crippen molar-refractivity contribution in [2.24, 2.45) is 17.8 Å². The Kier molecular flexibility index (Phi) is 55.9. The highest BCUT2D eigenvalue weighted by Gasteiger charge is 2.30. The number of aliphatic hydroxyl groups is 1. The highest BCUT2D eigenvalue weighted by atomic mass is 31.2. The third-order valence-electron chi connectivity index (χ3n) is 15.9. The minimum atomic E-state index is -4.95. The zero-order valence-corrected chi connectivity index (χ0v) is 56.9. The highest BCUT2D eigenvalue weighted by Crippen LogP contribution is 2.45. The smallest absolute Gasteiger partial charge is 0.462 e. The maximum atomic E-state index is 13.0. The number of phosphoric acid groups is 2. The maximum Gasteiger partial charge on any atom is 0.472 e. The van der Waals surface area contributed by atoms with Crippen molar-refractivity contribution in [3.8, 4) is 0 Å². The molecule has 0 aromatic rings. The van der Waals surface area contributed by atoms with Gasteiger partial charge in [0.05, 0.1) is 26.4 Å². The Bertz CT molecular complexity index is 1690. The van der Waals surface area contributed by atoms with Crippen LogP contribution in [0.2, 0.25) is 0 Å². The topological polar surface area (TPSA) is 237 Å². The fraction of sp³-hybridized carbons (Fsp3) is 0.939. The van der Waals surface area contributed by atoms with Crippen molar-refractivity contribution < 1.29 is 80.2 Å². The molecule has 3 N–H and O–H groups in total. The average molecular weight is 1260 g/mol. The van der Waals surface area contributed by atoms with E-state index in [1.807, 2.05) is 0 Å². The summed E-state index contributed by atoms with van der Waals surface area (Å²) < 4.78 is 67.9. The number of hydrogen-bond acceptors (Lipinski definition) is 15. The molecule has 0 rings (SSSR count). The molecular formula is C66H128O17P2. The van der Waals surface area contributed by atoms with Crippen molar-refractivity contribution in [3.63, 3.8) is 0 Å². The van der Waals surface area contributed by atoms with E-state index < -0.39 is 97.5 Å². The standard InChI is InChI=1S/C66H128O17P2/c1-8-11-12-30-40-47-63(68)76-53-61(83-66(71)50-43-36-29-28-33-39-46-59(7)10-3)55-80-84(72,73)78-51-60(67)52-79-85(74,75)81-56-62(54-77-64(69)48-41-34-26-23-19-20-24-31-37-44-57(4)5)82-65(70)49-42-35-27-22-18-16-14-13-15-17-21-25-32-38-45-58(6)9-2/h57-62,67H,8-56H2,1-7H3,(H,72,73)(H,74,75)/t58?,59?,60-,61+,62+/m0/s1. The van der Waals surface area contributed by atoms with Gasteiger partial charge in [-0.3, -0.25) is 37.3 Å². The second kappa shape index (κ2) is 57.2. The van der Waals surface area contributed by atoms with E-state index >= 15 is 0 Å². The fourth-order valence-corrected chi connectivity index (χ4v) is 11.3. The molecule has 0 fully saturated rings. The molecule has 17 nitrogen and oxygen atoms in total. The number of phosphoric ester groups is 2. The third-order valence-corrected chi connectivity index (χ3v) is 17.8. The first-order chi connectivity index (χ1) is 40.8. The van der Waals surface area contributed by atoms with Gasteiger partial charge in [0.2, 0.25) is 0 Å². The molecule has 0 amide bonds. The number of carbonyl (C=O) groups is 4. The molecule has 0 aliphatic rings. The van der Waals surface area contributed by atoms with Gasteiger partial charge in [-0.25, -0.2) is 9.13 Å². The number of hydrogen-bond donors (Lipinski definition) is 3. The molecule has 0 aromatic carbocycles. The van der Waals surface area contributed by atoms with Crippen molar-refractivity contribution >= 4 is 39.5 Å². The van der Waals surface area contributed by atoms with Crippen LogP contribution >= 0.6 is 15.6 Å². The van der Waals surface area contributed by atoms with E-state index in [9.17, 15) is 43.2 Å². The van der Waals surface area contributed by atoms with Crippen LogP contribution in [0.15, 0.2) is 0 Å². The Morgan fingerprint density at radius 2 is 0.600 bits per heavy atom. The first-order valence-corrected chi connectivity index (χ1v) is 37.4. The minimum Gasteiger partial charge on any atom is -0.462 e. The number of esters is 4. The van der Waals surface area contributed by atoms with Gasteiger partial charge in [0.25, 0.3) is 0 Å². The van der Waals surface area contributed by atoms with Gasteiger partial charge < -0.3 is 33.8 Å². The number of carbonyl (C=O) groups excluding carboxylic acids is 4. The molecule has 504 valence electrons. The highest BCUT2D eigenvalue weighted by molar-refractivity contribution is 7.47. The van der Waals surface area contributed by atoms with E-state index in [1.54, 1.807) is 0 Å². The lowest BCUT2D eigenvalue weighted by molar-refractivity contribution is -0.161. The van der Waals surface area contributed by atoms with Crippen LogP contribution in [-0.2, 0) is 65.4 Å². The van der Waals surface area contributed by atoms with Crippen molar-refractivity contribution in [2.75, 3.05) is 39.6 Å². The zero-order chi connectivity index (χ0) is 63.1. The normalized spacial score (nSPS) is 15.0. The van der Waals surface area contributed by atoms with Gasteiger partial charge in [-0.1, -0.05) is 273 Å². The Balaban J connectivity index is 5.16. The van der Waals surface area contributed by atoms with Crippen molar-refractivity contribution in [3.05, 3.63) is 0 Å². The van der Waals surface area contributed by atoms with Gasteiger partial charge in [0.1, 0.15) is 19.3 Å². The molecule has 0 aromatic heterocycles. The Hall–Kier alpha value is -1.94. The summed E-state index contributed by atoms with van der Waals surface area (Å²) >= 11 is 0. The van der Waals surface area contributed by atoms with E-state index in [1.165, 1.54) is 128 Å². The molecule has 4 unspecified atom stereocenters. The zero-order valence-electron chi connectivity index (χ0n) is 55.1. The van der Waals surface area contributed by atoms with E-state index in [-0.39, 0.29) is 25.7 Å². The van der Waals surface area contributed by atoms with E-state index in [0.717, 1.165) is 114 Å². The summed E-state index contributed by atoms with van der Waals surface area (Å²) in [5.41, 5.74) is 0. The summed E-state index contributed by atoms with van der Waals surface area (Å²) in [4.78, 5) is 72.1. The van der Waals surface area contributed by atoms with E-state index in [0.29, 0.717) is 25.7 Å². The Morgan fingerprint density at radius 1 is 0.341 bits per heavy atom. The predicted octanol–water partition coefficient (Wildman–Crippen LogP) is 18.3. The molecule has 0 aliphatic carbocycles. The second-order valence-electron chi connectivity index (χ2n) is 24.8. The molecule has 19 heteroatoms. The van der Waals surface area contributed by atoms with Crippen molar-refractivity contribution in [1.29, 1.82) is 0 Å². The first-order valence-electron chi connectivity index (χ1n) is 34.4.